The first-order chi connectivity index (χ1) is 28.7. The molecule has 0 bridgehead atoms. The molecule has 58 heavy (non-hydrogen) atoms. The zero-order chi connectivity index (χ0) is 40.9. The molecule has 0 fully saturated rings. The average molecular weight is 833 g/mol. The van der Waals surface area contributed by atoms with Crippen LogP contribution in [-0.2, 0) is 0 Å². The minimum atomic E-state index is 0.609. The molecule has 2 aromatic heterocycles. The van der Waals surface area contributed by atoms with Crippen molar-refractivity contribution in [2.45, 2.75) is 233 Å². The summed E-state index contributed by atoms with van der Waals surface area (Å²) in [5.41, 5.74) is 0. The monoisotopic (exact) mass is 833 g/mol. The summed E-state index contributed by atoms with van der Waals surface area (Å²) in [5, 5.41) is 9.92. The number of thiophene rings is 2. The topological polar surface area (TPSA) is 18.5 Å². The van der Waals surface area contributed by atoms with Crippen LogP contribution in [0.5, 0.6) is 11.5 Å². The van der Waals surface area contributed by atoms with Crippen LogP contribution in [0.15, 0.2) is 35.0 Å². The third kappa shape index (κ3) is 18.1. The van der Waals surface area contributed by atoms with E-state index in [1.165, 1.54) is 236 Å². The molecule has 2 aromatic carbocycles. The number of rotatable bonds is 38. The van der Waals surface area contributed by atoms with Gasteiger partial charge in [-0.15, -0.1) is 22.7 Å². The molecule has 0 aliphatic heterocycles. The molecular weight excluding hydrogens is 745 g/mol. The van der Waals surface area contributed by atoms with Crippen LogP contribution < -0.4 is 9.47 Å². The lowest BCUT2D eigenvalue weighted by Gasteiger charge is -2.22. The van der Waals surface area contributed by atoms with E-state index in [1.807, 2.05) is 22.7 Å². The molecule has 328 valence electrons. The summed E-state index contributed by atoms with van der Waals surface area (Å²) in [4.78, 5) is 0. The summed E-state index contributed by atoms with van der Waals surface area (Å²) in [7, 11) is 0. The van der Waals surface area contributed by atoms with Gasteiger partial charge in [0, 0.05) is 10.8 Å². The maximum absolute atomic E-state index is 7.05. The number of hydrogen-bond acceptors (Lipinski definition) is 4. The zero-order valence-electron chi connectivity index (χ0n) is 38.3. The van der Waals surface area contributed by atoms with Gasteiger partial charge in [0.1, 0.15) is 0 Å². The van der Waals surface area contributed by atoms with E-state index >= 15 is 0 Å². The maximum atomic E-state index is 7.05. The van der Waals surface area contributed by atoms with E-state index in [1.54, 1.807) is 0 Å². The predicted molar refractivity (Wildman–Crippen MR) is 263 cm³/mol. The molecule has 2 unspecified atom stereocenters. The molecule has 0 saturated carbocycles. The van der Waals surface area contributed by atoms with Gasteiger partial charge in [-0.05, 0) is 83.3 Å². The quantitative estimate of drug-likeness (QED) is 0.0419. The molecule has 0 radical (unpaired) electrons. The van der Waals surface area contributed by atoms with Crippen LogP contribution in [0, 0.1) is 11.8 Å². The Morgan fingerprint density at radius 3 is 0.931 bits per heavy atom. The number of benzene rings is 2. The number of unbranched alkanes of at least 4 members (excludes halogenated alkanes) is 24. The summed E-state index contributed by atoms with van der Waals surface area (Å²) in [6, 6.07) is 9.40. The molecule has 2 nitrogen and oxygen atoms in total. The minimum absolute atomic E-state index is 0.609. The van der Waals surface area contributed by atoms with Crippen molar-refractivity contribution in [2.75, 3.05) is 13.2 Å². The normalized spacial score (nSPS) is 13.0. The second-order valence-corrected chi connectivity index (χ2v) is 20.0. The van der Waals surface area contributed by atoms with Crippen LogP contribution in [0.1, 0.15) is 233 Å². The Kier molecular flexibility index (Phi) is 26.2. The highest BCUT2D eigenvalue weighted by atomic mass is 32.1. The second kappa shape index (κ2) is 31.1. The summed E-state index contributed by atoms with van der Waals surface area (Å²) in [5.74, 6) is 3.17. The standard InChI is InChI=1S/C54H88O2S2/c1-5-9-13-17-21-23-27-31-35-45(33-29-25-19-15-11-7-3)43-55-51-41-49-47-37-39-57-53(47)54-48(38-40-58-54)50(49)42-52(51)56-44-46(34-30-26-20-16-12-8-4)36-32-28-24-22-18-14-10-6-2/h37-42,45-46H,5-36,43-44H2,1-4H3. The van der Waals surface area contributed by atoms with Crippen LogP contribution in [0.3, 0.4) is 0 Å². The first kappa shape index (κ1) is 48.9. The van der Waals surface area contributed by atoms with Crippen LogP contribution in [0.2, 0.25) is 0 Å². The smallest absolute Gasteiger partial charge is 0.161 e. The van der Waals surface area contributed by atoms with Gasteiger partial charge in [0.05, 0.1) is 22.6 Å². The highest BCUT2D eigenvalue weighted by Crippen LogP contribution is 2.45. The SMILES string of the molecule is CCCCCCCCCCC(CCCCCCCC)COc1cc2c(cc1OCC(CCCCCCCC)CCCCCCCCCC)c1ccsc1c1sccc21. The van der Waals surface area contributed by atoms with Gasteiger partial charge < -0.3 is 9.47 Å². The number of fused-ring (bicyclic) bond motifs is 6. The van der Waals surface area contributed by atoms with E-state index in [9.17, 15) is 0 Å². The molecule has 4 aromatic rings. The van der Waals surface area contributed by atoms with Crippen LogP contribution >= 0.6 is 22.7 Å². The van der Waals surface area contributed by atoms with Crippen molar-refractivity contribution in [1.29, 1.82) is 0 Å². The van der Waals surface area contributed by atoms with Gasteiger partial charge in [-0.3, -0.25) is 0 Å². The van der Waals surface area contributed by atoms with E-state index in [0.717, 1.165) is 24.7 Å². The molecule has 0 spiro atoms. The Morgan fingerprint density at radius 1 is 0.362 bits per heavy atom. The molecule has 2 heterocycles. The van der Waals surface area contributed by atoms with Crippen molar-refractivity contribution < 1.29 is 9.47 Å². The maximum Gasteiger partial charge on any atom is 0.161 e. The van der Waals surface area contributed by atoms with Gasteiger partial charge in [-0.2, -0.15) is 0 Å². The van der Waals surface area contributed by atoms with Crippen molar-refractivity contribution in [3.8, 4) is 11.5 Å². The Balaban J connectivity index is 1.49. The Labute approximate surface area is 366 Å². The van der Waals surface area contributed by atoms with E-state index in [2.05, 4.69) is 62.7 Å². The molecule has 4 rings (SSSR count). The molecular formula is C54H88O2S2. The average Bonchev–Trinajstić information content (AvgIpc) is 3.94. The minimum Gasteiger partial charge on any atom is -0.489 e. The van der Waals surface area contributed by atoms with Gasteiger partial charge in [0.25, 0.3) is 0 Å². The fourth-order valence-electron chi connectivity index (χ4n) is 9.22. The van der Waals surface area contributed by atoms with Crippen molar-refractivity contribution in [3.05, 3.63) is 35.0 Å². The van der Waals surface area contributed by atoms with Gasteiger partial charge in [0.2, 0.25) is 0 Å². The van der Waals surface area contributed by atoms with Crippen molar-refractivity contribution in [1.82, 2.24) is 0 Å². The first-order valence-corrected chi connectivity index (χ1v) is 27.1. The third-order valence-corrected chi connectivity index (χ3v) is 15.0. The lowest BCUT2D eigenvalue weighted by Crippen LogP contribution is -2.15. The summed E-state index contributed by atoms with van der Waals surface area (Å²) in [6.07, 6.45) is 43.6. The fourth-order valence-corrected chi connectivity index (χ4v) is 11.2. The Morgan fingerprint density at radius 2 is 0.638 bits per heavy atom. The highest BCUT2D eigenvalue weighted by molar-refractivity contribution is 7.25. The van der Waals surface area contributed by atoms with Gasteiger partial charge in [-0.25, -0.2) is 0 Å². The third-order valence-electron chi connectivity index (χ3n) is 13.0. The number of hydrogen-bond donors (Lipinski definition) is 0. The molecule has 0 aliphatic rings. The van der Waals surface area contributed by atoms with Crippen molar-refractivity contribution >= 4 is 53.6 Å². The molecule has 4 heteroatoms. The van der Waals surface area contributed by atoms with Crippen LogP contribution in [-0.4, -0.2) is 13.2 Å². The van der Waals surface area contributed by atoms with Crippen LogP contribution in [0.4, 0.5) is 0 Å². The Bertz CT molecular complexity index is 1470. The van der Waals surface area contributed by atoms with Crippen LogP contribution in [0.25, 0.3) is 30.9 Å². The second-order valence-electron chi connectivity index (χ2n) is 18.2. The highest BCUT2D eigenvalue weighted by Gasteiger charge is 2.19. The molecule has 0 aliphatic carbocycles. The first-order valence-electron chi connectivity index (χ1n) is 25.3. The van der Waals surface area contributed by atoms with E-state index in [-0.39, 0.29) is 0 Å². The Hall–Kier alpha value is -1.78. The molecule has 0 N–H and O–H groups in total. The van der Waals surface area contributed by atoms with E-state index in [4.69, 9.17) is 9.47 Å². The fraction of sp³-hybridized carbons (Fsp3) is 0.741. The largest absolute Gasteiger partial charge is 0.489 e. The van der Waals surface area contributed by atoms with Gasteiger partial charge in [-0.1, -0.05) is 207 Å². The van der Waals surface area contributed by atoms with E-state index < -0.39 is 0 Å². The lowest BCUT2D eigenvalue weighted by molar-refractivity contribution is 0.192. The number of ether oxygens (including phenoxy) is 2. The van der Waals surface area contributed by atoms with Crippen molar-refractivity contribution in [3.63, 3.8) is 0 Å². The summed E-state index contributed by atoms with van der Waals surface area (Å²) >= 11 is 3.76. The lowest BCUT2D eigenvalue weighted by atomic mass is 9.94. The van der Waals surface area contributed by atoms with Gasteiger partial charge >= 0.3 is 0 Å². The zero-order valence-corrected chi connectivity index (χ0v) is 39.9. The molecule has 0 saturated heterocycles. The van der Waals surface area contributed by atoms with Crippen molar-refractivity contribution in [2.24, 2.45) is 11.8 Å². The van der Waals surface area contributed by atoms with E-state index in [0.29, 0.717) is 11.8 Å². The predicted octanol–water partition coefficient (Wildman–Crippen LogP) is 19.8. The van der Waals surface area contributed by atoms with Gasteiger partial charge in [0.15, 0.2) is 11.5 Å². The summed E-state index contributed by atoms with van der Waals surface area (Å²) in [6.45, 7) is 10.9. The summed E-state index contributed by atoms with van der Waals surface area (Å²) < 4.78 is 16.9. The molecule has 2 atom stereocenters. The molecule has 0 amide bonds.